The highest BCUT2D eigenvalue weighted by molar-refractivity contribution is 7.99. The van der Waals surface area contributed by atoms with Crippen LogP contribution in [0.25, 0.3) is 10.2 Å². The van der Waals surface area contributed by atoms with Crippen LogP contribution in [0.15, 0.2) is 45.7 Å². The van der Waals surface area contributed by atoms with Crippen molar-refractivity contribution < 1.29 is 9.53 Å². The number of carbonyl (C=O) groups excluding carboxylic acids is 1. The molecule has 1 fully saturated rings. The molecule has 1 aliphatic rings. The Morgan fingerprint density at radius 3 is 2.86 bits per heavy atom. The summed E-state index contributed by atoms with van der Waals surface area (Å²) in [7, 11) is 1.62. The van der Waals surface area contributed by atoms with Gasteiger partial charge in [0.1, 0.15) is 10.4 Å². The zero-order chi connectivity index (χ0) is 20.2. The standard InChI is InChI=1S/C21H23N3O3S2/c1-27-16-7-5-6-15(12-16)13-24-20(26)19-17(8-11-28-19)22-21(24)29-14-18(25)23-9-3-2-4-10-23/h5-8,11-12H,2-4,9-10,13-14H2,1H3. The monoisotopic (exact) mass is 429 g/mol. The Morgan fingerprint density at radius 1 is 1.24 bits per heavy atom. The fraction of sp³-hybridized carbons (Fsp3) is 0.381. The van der Waals surface area contributed by atoms with Crippen LogP contribution in [0.5, 0.6) is 5.75 Å². The second-order valence-corrected chi connectivity index (χ2v) is 8.86. The number of hydrogen-bond donors (Lipinski definition) is 0. The SMILES string of the molecule is COc1cccc(Cn2c(SCC(=O)N3CCCCC3)nc3ccsc3c2=O)c1. The van der Waals surface area contributed by atoms with Crippen molar-refractivity contribution in [3.8, 4) is 5.75 Å². The normalized spacial score (nSPS) is 14.3. The Morgan fingerprint density at radius 2 is 2.07 bits per heavy atom. The van der Waals surface area contributed by atoms with Gasteiger partial charge in [-0.05, 0) is 48.4 Å². The van der Waals surface area contributed by atoms with Crippen LogP contribution < -0.4 is 10.3 Å². The molecule has 0 atom stereocenters. The Balaban J connectivity index is 1.62. The van der Waals surface area contributed by atoms with E-state index < -0.39 is 0 Å². The number of benzene rings is 1. The molecule has 6 nitrogen and oxygen atoms in total. The lowest BCUT2D eigenvalue weighted by Gasteiger charge is -2.26. The second-order valence-electron chi connectivity index (χ2n) is 7.00. The summed E-state index contributed by atoms with van der Waals surface area (Å²) in [6.45, 7) is 2.04. The molecule has 1 aromatic carbocycles. The minimum absolute atomic E-state index is 0.0688. The summed E-state index contributed by atoms with van der Waals surface area (Å²) in [5.74, 6) is 1.15. The molecule has 3 heterocycles. The molecule has 1 amide bonds. The topological polar surface area (TPSA) is 64.4 Å². The third kappa shape index (κ3) is 4.48. The summed E-state index contributed by atoms with van der Waals surface area (Å²) < 4.78 is 7.61. The first-order valence-electron chi connectivity index (χ1n) is 9.67. The number of ether oxygens (including phenoxy) is 1. The van der Waals surface area contributed by atoms with Crippen molar-refractivity contribution in [1.29, 1.82) is 0 Å². The number of piperidine rings is 1. The minimum Gasteiger partial charge on any atom is -0.497 e. The summed E-state index contributed by atoms with van der Waals surface area (Å²) in [5.41, 5.74) is 1.57. The van der Waals surface area contributed by atoms with Crippen LogP contribution in [-0.2, 0) is 11.3 Å². The van der Waals surface area contributed by atoms with Crippen molar-refractivity contribution >= 4 is 39.2 Å². The number of aromatic nitrogens is 2. The molecule has 0 N–H and O–H groups in total. The Kier molecular flexibility index (Phi) is 6.20. The number of carbonyl (C=O) groups is 1. The van der Waals surface area contributed by atoms with Crippen LogP contribution in [0.4, 0.5) is 0 Å². The van der Waals surface area contributed by atoms with Gasteiger partial charge in [0.15, 0.2) is 5.16 Å². The highest BCUT2D eigenvalue weighted by atomic mass is 32.2. The van der Waals surface area contributed by atoms with Gasteiger partial charge in [-0.15, -0.1) is 11.3 Å². The van der Waals surface area contributed by atoms with Crippen LogP contribution in [0.3, 0.4) is 0 Å². The maximum absolute atomic E-state index is 13.1. The number of amides is 1. The molecule has 2 aromatic heterocycles. The van der Waals surface area contributed by atoms with Gasteiger partial charge in [0.05, 0.1) is 24.9 Å². The van der Waals surface area contributed by atoms with Gasteiger partial charge in [-0.2, -0.15) is 0 Å². The maximum Gasteiger partial charge on any atom is 0.272 e. The van der Waals surface area contributed by atoms with E-state index in [-0.39, 0.29) is 11.5 Å². The van der Waals surface area contributed by atoms with Crippen LogP contribution in [0.2, 0.25) is 0 Å². The highest BCUT2D eigenvalue weighted by Crippen LogP contribution is 2.23. The summed E-state index contributed by atoms with van der Waals surface area (Å²) in [5, 5.41) is 2.46. The van der Waals surface area contributed by atoms with Crippen molar-refractivity contribution in [2.45, 2.75) is 31.0 Å². The Hall–Kier alpha value is -2.32. The highest BCUT2D eigenvalue weighted by Gasteiger charge is 2.19. The molecule has 0 unspecified atom stereocenters. The average molecular weight is 430 g/mol. The van der Waals surface area contributed by atoms with Crippen LogP contribution in [0, 0.1) is 0 Å². The summed E-state index contributed by atoms with van der Waals surface area (Å²) in [6.07, 6.45) is 3.32. The Bertz CT molecular complexity index is 1070. The van der Waals surface area contributed by atoms with Gasteiger partial charge in [0, 0.05) is 13.1 Å². The summed E-state index contributed by atoms with van der Waals surface area (Å²) in [6, 6.07) is 9.51. The lowest BCUT2D eigenvalue weighted by atomic mass is 10.1. The van der Waals surface area contributed by atoms with E-state index in [4.69, 9.17) is 4.74 Å². The van der Waals surface area contributed by atoms with E-state index in [9.17, 15) is 9.59 Å². The van der Waals surface area contributed by atoms with E-state index in [0.717, 1.165) is 37.2 Å². The summed E-state index contributed by atoms with van der Waals surface area (Å²) >= 11 is 2.74. The third-order valence-corrected chi connectivity index (χ3v) is 6.89. The van der Waals surface area contributed by atoms with Gasteiger partial charge in [-0.3, -0.25) is 14.2 Å². The molecule has 0 aliphatic carbocycles. The quantitative estimate of drug-likeness (QED) is 0.442. The number of nitrogens with zero attached hydrogens (tertiary/aromatic N) is 3. The molecule has 0 spiro atoms. The number of fused-ring (bicyclic) bond motifs is 1. The van der Waals surface area contributed by atoms with Gasteiger partial charge in [-0.25, -0.2) is 4.98 Å². The molecule has 152 valence electrons. The van der Waals surface area contributed by atoms with Crippen molar-refractivity contribution in [3.63, 3.8) is 0 Å². The number of hydrogen-bond acceptors (Lipinski definition) is 6. The van der Waals surface area contributed by atoms with Crippen molar-refractivity contribution in [2.24, 2.45) is 0 Å². The van der Waals surface area contributed by atoms with Crippen LogP contribution >= 0.6 is 23.1 Å². The molecule has 0 saturated carbocycles. The smallest absolute Gasteiger partial charge is 0.272 e. The first kappa shape index (κ1) is 20.0. The number of methoxy groups -OCH3 is 1. The molecule has 3 aromatic rings. The third-order valence-electron chi connectivity index (χ3n) is 5.04. The van der Waals surface area contributed by atoms with Crippen molar-refractivity contribution in [1.82, 2.24) is 14.5 Å². The van der Waals surface area contributed by atoms with Crippen molar-refractivity contribution in [3.05, 3.63) is 51.6 Å². The average Bonchev–Trinajstić information content (AvgIpc) is 3.24. The van der Waals surface area contributed by atoms with Gasteiger partial charge in [0.2, 0.25) is 5.91 Å². The lowest BCUT2D eigenvalue weighted by Crippen LogP contribution is -2.37. The van der Waals surface area contributed by atoms with Crippen LogP contribution in [0.1, 0.15) is 24.8 Å². The first-order chi connectivity index (χ1) is 14.2. The molecule has 1 aliphatic heterocycles. The minimum atomic E-state index is -0.0688. The molecule has 29 heavy (non-hydrogen) atoms. The fourth-order valence-electron chi connectivity index (χ4n) is 3.49. The van der Waals surface area contributed by atoms with Crippen molar-refractivity contribution in [2.75, 3.05) is 26.0 Å². The molecule has 1 saturated heterocycles. The zero-order valence-electron chi connectivity index (χ0n) is 16.3. The zero-order valence-corrected chi connectivity index (χ0v) is 17.9. The predicted molar refractivity (Wildman–Crippen MR) is 117 cm³/mol. The lowest BCUT2D eigenvalue weighted by molar-refractivity contribution is -0.129. The Labute approximate surface area is 177 Å². The van der Waals surface area contributed by atoms with E-state index in [0.29, 0.717) is 27.7 Å². The predicted octanol–water partition coefficient (Wildman–Crippen LogP) is 3.62. The molecule has 0 bridgehead atoms. The van der Waals surface area contributed by atoms with Gasteiger partial charge in [-0.1, -0.05) is 23.9 Å². The van der Waals surface area contributed by atoms with Gasteiger partial charge in [0.25, 0.3) is 5.56 Å². The maximum atomic E-state index is 13.1. The fourth-order valence-corrected chi connectivity index (χ4v) is 5.17. The number of rotatable bonds is 6. The number of likely N-dealkylation sites (tertiary alicyclic amines) is 1. The van der Waals surface area contributed by atoms with E-state index in [1.165, 1.54) is 29.5 Å². The molecule has 4 rings (SSSR count). The van der Waals surface area contributed by atoms with E-state index in [1.54, 1.807) is 11.7 Å². The summed E-state index contributed by atoms with van der Waals surface area (Å²) in [4.78, 5) is 32.3. The molecule has 8 heteroatoms. The van der Waals surface area contributed by atoms with E-state index in [1.807, 2.05) is 40.6 Å². The van der Waals surface area contributed by atoms with Crippen LogP contribution in [-0.4, -0.2) is 46.3 Å². The number of thiophene rings is 1. The number of thioether (sulfide) groups is 1. The van der Waals surface area contributed by atoms with Gasteiger partial charge >= 0.3 is 0 Å². The second kappa shape index (κ2) is 9.00. The van der Waals surface area contributed by atoms with Gasteiger partial charge < -0.3 is 9.64 Å². The largest absolute Gasteiger partial charge is 0.497 e. The van der Waals surface area contributed by atoms with E-state index in [2.05, 4.69) is 4.98 Å². The molecule has 0 radical (unpaired) electrons. The molecular formula is C21H23N3O3S2. The first-order valence-corrected chi connectivity index (χ1v) is 11.5. The molecular weight excluding hydrogens is 406 g/mol. The van der Waals surface area contributed by atoms with E-state index >= 15 is 0 Å².